The van der Waals surface area contributed by atoms with Crippen LogP contribution in [-0.2, 0) is 24.1 Å². The minimum absolute atomic E-state index is 0.0351. The highest BCUT2D eigenvalue weighted by atomic mass is 32.1. The van der Waals surface area contributed by atoms with E-state index in [0.717, 1.165) is 41.2 Å². The van der Waals surface area contributed by atoms with Gasteiger partial charge in [0.2, 0.25) is 5.91 Å². The lowest BCUT2D eigenvalue weighted by atomic mass is 9.93. The maximum absolute atomic E-state index is 12.3. The summed E-state index contributed by atoms with van der Waals surface area (Å²) in [5.74, 6) is 0.0351. The van der Waals surface area contributed by atoms with Crippen molar-refractivity contribution in [3.8, 4) is 10.6 Å². The van der Waals surface area contributed by atoms with Gasteiger partial charge in [-0.3, -0.25) is 9.89 Å². The highest BCUT2D eigenvalue weighted by molar-refractivity contribution is 7.13. The topological polar surface area (TPSA) is 70.7 Å². The van der Waals surface area contributed by atoms with Crippen molar-refractivity contribution in [1.29, 1.82) is 0 Å². The molecule has 0 bridgehead atoms. The van der Waals surface area contributed by atoms with Crippen LogP contribution in [-0.4, -0.2) is 27.1 Å². The van der Waals surface area contributed by atoms with E-state index in [2.05, 4.69) is 20.5 Å². The first-order valence-electron chi connectivity index (χ1n) is 8.08. The predicted molar refractivity (Wildman–Crippen MR) is 93.8 cm³/mol. The third-order valence-corrected chi connectivity index (χ3v) is 5.24. The van der Waals surface area contributed by atoms with Gasteiger partial charge in [-0.25, -0.2) is 4.98 Å². The molecule has 6 heteroatoms. The van der Waals surface area contributed by atoms with Crippen molar-refractivity contribution in [1.82, 2.24) is 20.5 Å². The SMILES string of the molecule is O=C(Cc1csc(-c2ccccc2)n1)N[C@H]1CCc2cn[nH]c2C1. The Kier molecular flexibility index (Phi) is 4.13. The van der Waals surface area contributed by atoms with Crippen LogP contribution in [0.5, 0.6) is 0 Å². The minimum atomic E-state index is 0.0351. The van der Waals surface area contributed by atoms with Crippen LogP contribution in [0.15, 0.2) is 41.9 Å². The van der Waals surface area contributed by atoms with E-state index in [0.29, 0.717) is 6.42 Å². The molecule has 1 amide bonds. The average Bonchev–Trinajstić information content (AvgIpc) is 3.24. The first-order chi connectivity index (χ1) is 11.8. The van der Waals surface area contributed by atoms with E-state index in [1.54, 1.807) is 11.3 Å². The zero-order valence-electron chi connectivity index (χ0n) is 13.2. The van der Waals surface area contributed by atoms with Gasteiger partial charge in [0.1, 0.15) is 5.01 Å². The number of carbonyl (C=O) groups is 1. The standard InChI is InChI=1S/C18H18N4OS/c23-17(20-14-7-6-13-10-19-22-16(13)8-14)9-15-11-24-18(21-15)12-4-2-1-3-5-12/h1-5,10-11,14H,6-9H2,(H,19,22)(H,20,23)/t14-/m0/s1. The Balaban J connectivity index is 1.36. The summed E-state index contributed by atoms with van der Waals surface area (Å²) in [6.07, 6.45) is 4.97. The van der Waals surface area contributed by atoms with Crippen LogP contribution in [0.25, 0.3) is 10.6 Å². The Morgan fingerprint density at radius 2 is 2.21 bits per heavy atom. The number of aromatic nitrogens is 3. The molecule has 1 atom stereocenters. The first kappa shape index (κ1) is 15.1. The predicted octanol–water partition coefficient (Wildman–Crippen LogP) is 2.75. The summed E-state index contributed by atoms with van der Waals surface area (Å²) >= 11 is 1.58. The number of H-pyrrole nitrogens is 1. The Morgan fingerprint density at radius 1 is 1.33 bits per heavy atom. The van der Waals surface area contributed by atoms with Crippen LogP contribution in [0.1, 0.15) is 23.4 Å². The van der Waals surface area contributed by atoms with Gasteiger partial charge < -0.3 is 5.32 Å². The van der Waals surface area contributed by atoms with E-state index in [9.17, 15) is 4.79 Å². The van der Waals surface area contributed by atoms with Crippen molar-refractivity contribution in [2.24, 2.45) is 0 Å². The molecule has 4 rings (SSSR count). The third-order valence-electron chi connectivity index (χ3n) is 4.30. The normalized spacial score (nSPS) is 16.6. The van der Waals surface area contributed by atoms with Crippen molar-refractivity contribution < 1.29 is 4.79 Å². The summed E-state index contributed by atoms with van der Waals surface area (Å²) in [7, 11) is 0. The summed E-state index contributed by atoms with van der Waals surface area (Å²) in [5.41, 5.74) is 4.33. The lowest BCUT2D eigenvalue weighted by Crippen LogP contribution is -2.39. The molecule has 2 aromatic heterocycles. The van der Waals surface area contributed by atoms with Crippen LogP contribution in [0.3, 0.4) is 0 Å². The van der Waals surface area contributed by atoms with E-state index >= 15 is 0 Å². The fraction of sp³-hybridized carbons (Fsp3) is 0.278. The van der Waals surface area contributed by atoms with E-state index in [-0.39, 0.29) is 11.9 Å². The molecule has 0 aliphatic heterocycles. The van der Waals surface area contributed by atoms with Gasteiger partial charge in [-0.15, -0.1) is 11.3 Å². The summed E-state index contributed by atoms with van der Waals surface area (Å²) < 4.78 is 0. The lowest BCUT2D eigenvalue weighted by Gasteiger charge is -2.22. The number of nitrogens with zero attached hydrogens (tertiary/aromatic N) is 2. The molecule has 3 aromatic rings. The van der Waals surface area contributed by atoms with Gasteiger partial charge in [0.15, 0.2) is 0 Å². The Bertz CT molecular complexity index is 840. The second-order valence-corrected chi connectivity index (χ2v) is 6.93. The molecule has 1 aromatic carbocycles. The molecule has 2 heterocycles. The Morgan fingerprint density at radius 3 is 3.08 bits per heavy atom. The molecular formula is C18H18N4OS. The number of rotatable bonds is 4. The van der Waals surface area contributed by atoms with Gasteiger partial charge >= 0.3 is 0 Å². The van der Waals surface area contributed by atoms with Crippen molar-refractivity contribution in [2.75, 3.05) is 0 Å². The number of hydrogen-bond acceptors (Lipinski definition) is 4. The van der Waals surface area contributed by atoms with Crippen LogP contribution < -0.4 is 5.32 Å². The second-order valence-electron chi connectivity index (χ2n) is 6.07. The molecule has 0 saturated carbocycles. The van der Waals surface area contributed by atoms with Crippen LogP contribution in [0.4, 0.5) is 0 Å². The third kappa shape index (κ3) is 3.23. The molecule has 24 heavy (non-hydrogen) atoms. The number of thiazole rings is 1. The molecule has 0 unspecified atom stereocenters. The van der Waals surface area contributed by atoms with E-state index in [1.165, 1.54) is 5.56 Å². The fourth-order valence-electron chi connectivity index (χ4n) is 3.08. The smallest absolute Gasteiger partial charge is 0.226 e. The number of aryl methyl sites for hydroxylation is 1. The summed E-state index contributed by atoms with van der Waals surface area (Å²) in [6.45, 7) is 0. The number of fused-ring (bicyclic) bond motifs is 1. The Hall–Kier alpha value is -2.47. The summed E-state index contributed by atoms with van der Waals surface area (Å²) in [4.78, 5) is 16.9. The molecule has 1 aliphatic rings. The number of hydrogen-bond donors (Lipinski definition) is 2. The monoisotopic (exact) mass is 338 g/mol. The van der Waals surface area contributed by atoms with Gasteiger partial charge in [-0.2, -0.15) is 5.10 Å². The average molecular weight is 338 g/mol. The number of aromatic amines is 1. The maximum Gasteiger partial charge on any atom is 0.226 e. The zero-order chi connectivity index (χ0) is 16.4. The van der Waals surface area contributed by atoms with Crippen LogP contribution in [0, 0.1) is 0 Å². The number of amides is 1. The molecule has 0 saturated heterocycles. The summed E-state index contributed by atoms with van der Waals surface area (Å²) in [5, 5.41) is 13.1. The van der Waals surface area contributed by atoms with Crippen LogP contribution >= 0.6 is 11.3 Å². The van der Waals surface area contributed by atoms with Gasteiger partial charge in [-0.1, -0.05) is 30.3 Å². The van der Waals surface area contributed by atoms with E-state index < -0.39 is 0 Å². The molecule has 0 radical (unpaired) electrons. The Labute approximate surface area is 144 Å². The van der Waals surface area contributed by atoms with E-state index in [1.807, 2.05) is 41.9 Å². The number of carbonyl (C=O) groups excluding carboxylic acids is 1. The molecule has 122 valence electrons. The van der Waals surface area contributed by atoms with Crippen molar-refractivity contribution in [3.05, 3.63) is 58.9 Å². The highest BCUT2D eigenvalue weighted by Gasteiger charge is 2.21. The maximum atomic E-state index is 12.3. The van der Waals surface area contributed by atoms with Gasteiger partial charge in [-0.05, 0) is 18.4 Å². The second kappa shape index (κ2) is 6.57. The highest BCUT2D eigenvalue weighted by Crippen LogP contribution is 2.23. The van der Waals surface area contributed by atoms with Crippen molar-refractivity contribution in [3.63, 3.8) is 0 Å². The quantitative estimate of drug-likeness (QED) is 0.768. The zero-order valence-corrected chi connectivity index (χ0v) is 14.0. The fourth-order valence-corrected chi connectivity index (χ4v) is 3.90. The molecule has 1 aliphatic carbocycles. The largest absolute Gasteiger partial charge is 0.353 e. The molecule has 5 nitrogen and oxygen atoms in total. The summed E-state index contributed by atoms with van der Waals surface area (Å²) in [6, 6.07) is 10.2. The molecular weight excluding hydrogens is 320 g/mol. The van der Waals surface area contributed by atoms with E-state index in [4.69, 9.17) is 0 Å². The number of benzene rings is 1. The van der Waals surface area contributed by atoms with Crippen molar-refractivity contribution >= 4 is 17.2 Å². The minimum Gasteiger partial charge on any atom is -0.353 e. The van der Waals surface area contributed by atoms with Crippen molar-refractivity contribution in [2.45, 2.75) is 31.7 Å². The lowest BCUT2D eigenvalue weighted by molar-refractivity contribution is -0.121. The van der Waals surface area contributed by atoms with Crippen LogP contribution in [0.2, 0.25) is 0 Å². The van der Waals surface area contributed by atoms with Gasteiger partial charge in [0, 0.05) is 29.1 Å². The molecule has 0 fully saturated rings. The van der Waals surface area contributed by atoms with Gasteiger partial charge in [0.05, 0.1) is 18.3 Å². The number of nitrogens with one attached hydrogen (secondary N) is 2. The van der Waals surface area contributed by atoms with Gasteiger partial charge in [0.25, 0.3) is 0 Å². The molecule has 0 spiro atoms. The first-order valence-corrected chi connectivity index (χ1v) is 8.96. The molecule has 2 N–H and O–H groups in total.